The Labute approximate surface area is 110 Å². The van der Waals surface area contributed by atoms with Crippen LogP contribution in [0.2, 0.25) is 0 Å². The number of aromatic nitrogens is 1. The monoisotopic (exact) mass is 274 g/mol. The first-order valence-corrected chi connectivity index (χ1v) is 6.37. The molecule has 0 amide bonds. The number of hydrogen-bond donors (Lipinski definition) is 1. The molecule has 0 bridgehead atoms. The van der Waals surface area contributed by atoms with E-state index in [4.69, 9.17) is 0 Å². The second-order valence-corrected chi connectivity index (χ2v) is 4.80. The predicted molar refractivity (Wildman–Crippen MR) is 64.6 cm³/mol. The van der Waals surface area contributed by atoms with Gasteiger partial charge in [0.05, 0.1) is 0 Å². The van der Waals surface area contributed by atoms with Gasteiger partial charge in [0.25, 0.3) is 0 Å². The van der Waals surface area contributed by atoms with Gasteiger partial charge < -0.3 is 5.11 Å². The van der Waals surface area contributed by atoms with E-state index in [9.17, 15) is 18.3 Å². The van der Waals surface area contributed by atoms with E-state index < -0.39 is 18.3 Å². The van der Waals surface area contributed by atoms with Crippen LogP contribution in [0.1, 0.15) is 18.5 Å². The molecule has 6 heteroatoms. The zero-order chi connectivity index (χ0) is 13.9. The van der Waals surface area contributed by atoms with Gasteiger partial charge in [-0.05, 0) is 31.5 Å². The fraction of sp³-hybridized carbons (Fsp3) is 0.615. The van der Waals surface area contributed by atoms with Crippen LogP contribution in [0.5, 0.6) is 0 Å². The number of pyridine rings is 1. The third kappa shape index (κ3) is 3.67. The smallest absolute Gasteiger partial charge is 0.382 e. The quantitative estimate of drug-likeness (QED) is 0.912. The Hall–Kier alpha value is -1.14. The zero-order valence-corrected chi connectivity index (χ0v) is 10.5. The van der Waals surface area contributed by atoms with Gasteiger partial charge in [-0.3, -0.25) is 9.88 Å². The first kappa shape index (κ1) is 14.3. The van der Waals surface area contributed by atoms with Crippen LogP contribution in [0.3, 0.4) is 0 Å². The summed E-state index contributed by atoms with van der Waals surface area (Å²) in [6, 6.07) is 4.69. The lowest BCUT2D eigenvalue weighted by Crippen LogP contribution is -2.47. The van der Waals surface area contributed by atoms with Crippen LogP contribution < -0.4 is 0 Å². The van der Waals surface area contributed by atoms with Crippen molar-refractivity contribution in [2.75, 3.05) is 13.1 Å². The van der Waals surface area contributed by atoms with E-state index in [-0.39, 0.29) is 0 Å². The average Bonchev–Trinajstić information content (AvgIpc) is 2.83. The lowest BCUT2D eigenvalue weighted by atomic mass is 10.1. The fourth-order valence-corrected chi connectivity index (χ4v) is 2.51. The van der Waals surface area contributed by atoms with Crippen molar-refractivity contribution in [3.63, 3.8) is 0 Å². The molecule has 0 radical (unpaired) electrons. The maximum absolute atomic E-state index is 12.5. The van der Waals surface area contributed by atoms with Crippen LogP contribution in [0, 0.1) is 0 Å². The number of hydrogen-bond acceptors (Lipinski definition) is 3. The highest BCUT2D eigenvalue weighted by Crippen LogP contribution is 2.30. The highest BCUT2D eigenvalue weighted by Gasteiger charge is 2.46. The number of aliphatic hydroxyl groups is 1. The summed E-state index contributed by atoms with van der Waals surface area (Å²) in [4.78, 5) is 5.86. The molecule has 2 rings (SSSR count). The fourth-order valence-electron chi connectivity index (χ4n) is 2.51. The van der Waals surface area contributed by atoms with Crippen LogP contribution >= 0.6 is 0 Å². The predicted octanol–water partition coefficient (Wildman–Crippen LogP) is 2.01. The molecule has 0 aromatic carbocycles. The van der Waals surface area contributed by atoms with Gasteiger partial charge in [-0.2, -0.15) is 13.2 Å². The van der Waals surface area contributed by atoms with Crippen molar-refractivity contribution >= 4 is 0 Å². The van der Waals surface area contributed by atoms with E-state index in [0.717, 1.165) is 5.69 Å². The first-order valence-electron chi connectivity index (χ1n) is 6.37. The maximum atomic E-state index is 12.5. The second kappa shape index (κ2) is 5.88. The molecule has 1 saturated heterocycles. The van der Waals surface area contributed by atoms with Crippen molar-refractivity contribution in [1.29, 1.82) is 0 Å². The van der Waals surface area contributed by atoms with Crippen molar-refractivity contribution in [1.82, 2.24) is 9.88 Å². The van der Waals surface area contributed by atoms with Gasteiger partial charge in [0, 0.05) is 30.9 Å². The average molecular weight is 274 g/mol. The third-order valence-electron chi connectivity index (χ3n) is 3.50. The van der Waals surface area contributed by atoms with Crippen LogP contribution in [0.25, 0.3) is 0 Å². The highest BCUT2D eigenvalue weighted by atomic mass is 19.4. The Kier molecular flexibility index (Phi) is 4.42. The lowest BCUT2D eigenvalue weighted by molar-refractivity contribution is -0.219. The Bertz CT molecular complexity index is 397. The molecule has 0 spiro atoms. The third-order valence-corrected chi connectivity index (χ3v) is 3.50. The number of rotatable bonds is 4. The summed E-state index contributed by atoms with van der Waals surface area (Å²) in [5, 5.41) is 9.37. The van der Waals surface area contributed by atoms with E-state index in [1.165, 1.54) is 0 Å². The standard InChI is InChI=1S/C13H17F3N2O/c14-13(15,16)12(19)11-5-3-8-18(11)9-6-10-4-1-2-7-17-10/h1-2,4,7,11-12,19H,3,5-6,8-9H2/t11-,12+/m1/s1. The number of alkyl halides is 3. The number of likely N-dealkylation sites (tertiary alicyclic amines) is 1. The van der Waals surface area contributed by atoms with E-state index in [1.807, 2.05) is 12.1 Å². The number of aliphatic hydroxyl groups excluding tert-OH is 1. The van der Waals surface area contributed by atoms with Crippen LogP contribution in [-0.4, -0.2) is 46.4 Å². The lowest BCUT2D eigenvalue weighted by Gasteiger charge is -2.29. The number of halogens is 3. The van der Waals surface area contributed by atoms with Gasteiger partial charge in [0.2, 0.25) is 0 Å². The van der Waals surface area contributed by atoms with Gasteiger partial charge in [-0.25, -0.2) is 0 Å². The zero-order valence-electron chi connectivity index (χ0n) is 10.5. The molecular weight excluding hydrogens is 257 g/mol. The maximum Gasteiger partial charge on any atom is 0.415 e. The summed E-state index contributed by atoms with van der Waals surface area (Å²) < 4.78 is 37.6. The van der Waals surface area contributed by atoms with Crippen molar-refractivity contribution < 1.29 is 18.3 Å². The summed E-state index contributed by atoms with van der Waals surface area (Å²) in [7, 11) is 0. The molecule has 0 aliphatic carbocycles. The summed E-state index contributed by atoms with van der Waals surface area (Å²) in [6.07, 6.45) is -3.44. The van der Waals surface area contributed by atoms with Crippen molar-refractivity contribution in [3.8, 4) is 0 Å². The Morgan fingerprint density at radius 1 is 1.42 bits per heavy atom. The molecule has 1 aromatic rings. The van der Waals surface area contributed by atoms with E-state index in [2.05, 4.69) is 4.98 Å². The molecule has 1 aliphatic rings. The van der Waals surface area contributed by atoms with Crippen LogP contribution in [0.4, 0.5) is 13.2 Å². The summed E-state index contributed by atoms with van der Waals surface area (Å²) in [5.41, 5.74) is 0.856. The van der Waals surface area contributed by atoms with Crippen molar-refractivity contribution in [2.45, 2.75) is 37.6 Å². The number of nitrogens with zero attached hydrogens (tertiary/aromatic N) is 2. The molecule has 1 aliphatic heterocycles. The van der Waals surface area contributed by atoms with Gasteiger partial charge in [-0.1, -0.05) is 6.07 Å². The largest absolute Gasteiger partial charge is 0.415 e. The van der Waals surface area contributed by atoms with Crippen molar-refractivity contribution in [2.24, 2.45) is 0 Å². The van der Waals surface area contributed by atoms with Gasteiger partial charge in [0.15, 0.2) is 6.10 Å². The topological polar surface area (TPSA) is 36.4 Å². The molecular formula is C13H17F3N2O. The molecule has 19 heavy (non-hydrogen) atoms. The summed E-state index contributed by atoms with van der Waals surface area (Å²) in [5.74, 6) is 0. The van der Waals surface area contributed by atoms with Gasteiger partial charge in [-0.15, -0.1) is 0 Å². The molecule has 1 N–H and O–H groups in total. The highest BCUT2D eigenvalue weighted by molar-refractivity contribution is 5.04. The minimum absolute atomic E-state index is 0.392. The van der Waals surface area contributed by atoms with E-state index in [1.54, 1.807) is 17.2 Å². The summed E-state index contributed by atoms with van der Waals surface area (Å²) >= 11 is 0. The Morgan fingerprint density at radius 2 is 2.21 bits per heavy atom. The molecule has 3 nitrogen and oxygen atoms in total. The SMILES string of the molecule is O[C@@H]([C@H]1CCCN1CCc1ccccn1)C(F)(F)F. The summed E-state index contributed by atoms with van der Waals surface area (Å²) in [6.45, 7) is 1.10. The minimum Gasteiger partial charge on any atom is -0.382 e. The normalized spacial score (nSPS) is 22.6. The molecule has 0 saturated carbocycles. The molecule has 1 fully saturated rings. The molecule has 2 atom stereocenters. The Balaban J connectivity index is 1.92. The second-order valence-electron chi connectivity index (χ2n) is 4.80. The molecule has 106 valence electrons. The van der Waals surface area contributed by atoms with Gasteiger partial charge in [0.1, 0.15) is 0 Å². The first-order chi connectivity index (χ1) is 8.98. The molecule has 2 heterocycles. The van der Waals surface area contributed by atoms with Crippen molar-refractivity contribution in [3.05, 3.63) is 30.1 Å². The van der Waals surface area contributed by atoms with E-state index in [0.29, 0.717) is 32.4 Å². The molecule has 0 unspecified atom stereocenters. The Morgan fingerprint density at radius 3 is 2.84 bits per heavy atom. The molecule has 1 aromatic heterocycles. The van der Waals surface area contributed by atoms with E-state index >= 15 is 0 Å². The van der Waals surface area contributed by atoms with Crippen LogP contribution in [-0.2, 0) is 6.42 Å². The minimum atomic E-state index is -4.54. The van der Waals surface area contributed by atoms with Gasteiger partial charge >= 0.3 is 6.18 Å². The van der Waals surface area contributed by atoms with Crippen LogP contribution in [0.15, 0.2) is 24.4 Å².